The molecule has 1 aromatic carbocycles. The Hall–Kier alpha value is -1.59. The fourth-order valence-electron chi connectivity index (χ4n) is 2.10. The van der Waals surface area contributed by atoms with E-state index in [0.29, 0.717) is 19.6 Å². The van der Waals surface area contributed by atoms with Crippen LogP contribution in [0.25, 0.3) is 0 Å². The normalized spacial score (nSPS) is 18.6. The first-order valence-electron chi connectivity index (χ1n) is 6.49. The molecule has 2 rings (SSSR count). The third-order valence-electron chi connectivity index (χ3n) is 3.19. The zero-order valence-corrected chi connectivity index (χ0v) is 11.8. The van der Waals surface area contributed by atoms with E-state index in [1.807, 2.05) is 30.3 Å². The van der Waals surface area contributed by atoms with Crippen molar-refractivity contribution < 1.29 is 14.3 Å². The van der Waals surface area contributed by atoms with Crippen LogP contribution in [0, 0.1) is 0 Å². The van der Waals surface area contributed by atoms with Crippen LogP contribution in [0.3, 0.4) is 0 Å². The van der Waals surface area contributed by atoms with Crippen LogP contribution in [0.5, 0.6) is 0 Å². The van der Waals surface area contributed by atoms with Crippen molar-refractivity contribution in [3.05, 3.63) is 35.9 Å². The van der Waals surface area contributed by atoms with Gasteiger partial charge >= 0.3 is 6.09 Å². The molecule has 1 saturated heterocycles. The third kappa shape index (κ3) is 3.71. The largest absolute Gasteiger partial charge is 0.445 e. The number of Topliss-reactive ketones (excluding diaryl/α,β-unsaturated/α-hetero) is 1. The van der Waals surface area contributed by atoms with E-state index in [1.165, 1.54) is 4.90 Å². The number of nitrogens with zero attached hydrogens (tertiary/aromatic N) is 1. The number of nitrogens with one attached hydrogen (secondary N) is 1. The van der Waals surface area contributed by atoms with E-state index >= 15 is 0 Å². The van der Waals surface area contributed by atoms with Crippen LogP contribution < -0.4 is 5.32 Å². The Bertz CT molecular complexity index is 467. The Morgan fingerprint density at radius 1 is 1.35 bits per heavy atom. The summed E-state index contributed by atoms with van der Waals surface area (Å²) in [5.41, 5.74) is 0.913. The van der Waals surface area contributed by atoms with Gasteiger partial charge in [0.1, 0.15) is 12.6 Å². The van der Waals surface area contributed by atoms with Gasteiger partial charge in [-0.3, -0.25) is 9.69 Å². The summed E-state index contributed by atoms with van der Waals surface area (Å²) in [6.07, 6.45) is -0.473. The maximum absolute atomic E-state index is 12.1. The Balaban J connectivity index is 1.94. The summed E-state index contributed by atoms with van der Waals surface area (Å²) in [4.78, 5) is 25.3. The van der Waals surface area contributed by atoms with Gasteiger partial charge in [-0.15, -0.1) is 11.6 Å². The molecule has 0 bridgehead atoms. The Morgan fingerprint density at radius 2 is 2.10 bits per heavy atom. The van der Waals surface area contributed by atoms with Gasteiger partial charge in [0.05, 0.1) is 5.88 Å². The van der Waals surface area contributed by atoms with Gasteiger partial charge in [-0.2, -0.15) is 0 Å². The van der Waals surface area contributed by atoms with Gasteiger partial charge in [-0.1, -0.05) is 30.3 Å². The summed E-state index contributed by atoms with van der Waals surface area (Å²) in [5.74, 6) is -0.273. The van der Waals surface area contributed by atoms with E-state index in [4.69, 9.17) is 16.3 Å². The predicted octanol–water partition coefficient (Wildman–Crippen LogP) is 1.40. The smallest absolute Gasteiger partial charge is 0.410 e. The van der Waals surface area contributed by atoms with Gasteiger partial charge in [0.15, 0.2) is 5.78 Å². The molecule has 1 N–H and O–H groups in total. The van der Waals surface area contributed by atoms with Crippen molar-refractivity contribution in [1.29, 1.82) is 0 Å². The maximum Gasteiger partial charge on any atom is 0.410 e. The SMILES string of the molecule is O=C(CCl)C1CNCCN1C(=O)OCc1ccccc1. The van der Waals surface area contributed by atoms with Crippen LogP contribution in [0.2, 0.25) is 0 Å². The number of hydrogen-bond donors (Lipinski definition) is 1. The molecule has 0 aromatic heterocycles. The van der Waals surface area contributed by atoms with Gasteiger partial charge in [0.2, 0.25) is 0 Å². The van der Waals surface area contributed by atoms with E-state index in [9.17, 15) is 9.59 Å². The number of rotatable bonds is 4. The van der Waals surface area contributed by atoms with Crippen molar-refractivity contribution in [3.63, 3.8) is 0 Å². The fraction of sp³-hybridized carbons (Fsp3) is 0.429. The lowest BCUT2D eigenvalue weighted by molar-refractivity contribution is -0.122. The fourth-order valence-corrected chi connectivity index (χ4v) is 2.28. The Morgan fingerprint density at radius 3 is 2.80 bits per heavy atom. The molecule has 0 radical (unpaired) electrons. The number of benzene rings is 1. The standard InChI is InChI=1S/C14H17ClN2O3/c15-8-13(18)12-9-16-6-7-17(12)14(19)20-10-11-4-2-1-3-5-11/h1-5,12,16H,6-10H2. The van der Waals surface area contributed by atoms with Gasteiger partial charge in [0, 0.05) is 19.6 Å². The van der Waals surface area contributed by atoms with Crippen LogP contribution in [0.4, 0.5) is 4.79 Å². The Kier molecular flexibility index (Phi) is 5.38. The molecule has 108 valence electrons. The van der Waals surface area contributed by atoms with Crippen molar-refractivity contribution in [2.24, 2.45) is 0 Å². The number of ether oxygens (including phenoxy) is 1. The number of amides is 1. The zero-order valence-electron chi connectivity index (χ0n) is 11.0. The number of carbonyl (C=O) groups excluding carboxylic acids is 2. The van der Waals surface area contributed by atoms with Crippen LogP contribution in [0.1, 0.15) is 5.56 Å². The van der Waals surface area contributed by atoms with Crippen molar-refractivity contribution in [2.45, 2.75) is 12.6 Å². The number of ketones is 1. The van der Waals surface area contributed by atoms with Crippen molar-refractivity contribution >= 4 is 23.5 Å². The first-order chi connectivity index (χ1) is 9.72. The predicted molar refractivity (Wildman–Crippen MR) is 75.7 cm³/mol. The highest BCUT2D eigenvalue weighted by Gasteiger charge is 2.32. The molecule has 1 aliphatic heterocycles. The van der Waals surface area contributed by atoms with Crippen molar-refractivity contribution in [3.8, 4) is 0 Å². The molecule has 0 saturated carbocycles. The lowest BCUT2D eigenvalue weighted by Crippen LogP contribution is -2.57. The number of carbonyl (C=O) groups is 2. The summed E-state index contributed by atoms with van der Waals surface area (Å²) in [5, 5.41) is 3.08. The summed E-state index contributed by atoms with van der Waals surface area (Å²) in [6, 6.07) is 8.89. The van der Waals surface area contributed by atoms with Crippen molar-refractivity contribution in [1.82, 2.24) is 10.2 Å². The average molecular weight is 297 g/mol. The number of alkyl halides is 1. The van der Waals surface area contributed by atoms with Crippen LogP contribution >= 0.6 is 11.6 Å². The van der Waals surface area contributed by atoms with E-state index in [-0.39, 0.29) is 18.3 Å². The number of hydrogen-bond acceptors (Lipinski definition) is 4. The van der Waals surface area contributed by atoms with Crippen molar-refractivity contribution in [2.75, 3.05) is 25.5 Å². The molecule has 1 unspecified atom stereocenters. The molecule has 1 aromatic rings. The quantitative estimate of drug-likeness (QED) is 0.854. The monoisotopic (exact) mass is 296 g/mol. The molecule has 1 fully saturated rings. The molecule has 5 nitrogen and oxygen atoms in total. The van der Waals surface area contributed by atoms with Crippen LogP contribution in [-0.2, 0) is 16.1 Å². The number of piperazine rings is 1. The van der Waals surface area contributed by atoms with E-state index < -0.39 is 12.1 Å². The highest BCUT2D eigenvalue weighted by atomic mass is 35.5. The first kappa shape index (κ1) is 14.8. The molecule has 1 aliphatic rings. The van der Waals surface area contributed by atoms with E-state index in [0.717, 1.165) is 5.56 Å². The second kappa shape index (κ2) is 7.26. The lowest BCUT2D eigenvalue weighted by Gasteiger charge is -2.34. The average Bonchev–Trinajstić information content (AvgIpc) is 2.52. The molecule has 0 aliphatic carbocycles. The molecule has 0 spiro atoms. The minimum absolute atomic E-state index is 0.102. The summed E-state index contributed by atoms with van der Waals surface area (Å²) >= 11 is 5.57. The maximum atomic E-state index is 12.1. The van der Waals surface area contributed by atoms with E-state index in [1.54, 1.807) is 0 Å². The molecule has 1 amide bonds. The molecule has 20 heavy (non-hydrogen) atoms. The van der Waals surface area contributed by atoms with Crippen LogP contribution in [0.15, 0.2) is 30.3 Å². The highest BCUT2D eigenvalue weighted by Crippen LogP contribution is 2.10. The highest BCUT2D eigenvalue weighted by molar-refractivity contribution is 6.28. The number of halogens is 1. The first-order valence-corrected chi connectivity index (χ1v) is 7.02. The second-order valence-electron chi connectivity index (χ2n) is 4.55. The molecular weight excluding hydrogens is 280 g/mol. The van der Waals surface area contributed by atoms with Gasteiger partial charge in [-0.25, -0.2) is 4.79 Å². The summed E-state index contributed by atoms with van der Waals surface area (Å²) in [6.45, 7) is 1.71. The van der Waals surface area contributed by atoms with Gasteiger partial charge in [-0.05, 0) is 5.56 Å². The summed E-state index contributed by atoms with van der Waals surface area (Å²) in [7, 11) is 0. The van der Waals surface area contributed by atoms with E-state index in [2.05, 4.69) is 5.32 Å². The Labute approximate surface area is 122 Å². The second-order valence-corrected chi connectivity index (χ2v) is 4.82. The van der Waals surface area contributed by atoms with Crippen LogP contribution in [-0.4, -0.2) is 48.3 Å². The third-order valence-corrected chi connectivity index (χ3v) is 3.45. The zero-order chi connectivity index (χ0) is 14.4. The molecule has 1 heterocycles. The lowest BCUT2D eigenvalue weighted by atomic mass is 10.1. The summed E-state index contributed by atoms with van der Waals surface area (Å²) < 4.78 is 5.26. The minimum atomic E-state index is -0.537. The van der Waals surface area contributed by atoms with Gasteiger partial charge in [0.25, 0.3) is 0 Å². The topological polar surface area (TPSA) is 58.6 Å². The van der Waals surface area contributed by atoms with Gasteiger partial charge < -0.3 is 10.1 Å². The minimum Gasteiger partial charge on any atom is -0.445 e. The molecule has 1 atom stereocenters. The molecular formula is C14H17ClN2O3. The molecule has 6 heteroatoms.